The second-order valence-corrected chi connectivity index (χ2v) is 9.33. The lowest BCUT2D eigenvalue weighted by atomic mass is 10.1. The Labute approximate surface area is 212 Å². The number of carbonyl (C=O) groups excluding carboxylic acids is 1. The van der Waals surface area contributed by atoms with Crippen molar-refractivity contribution >= 4 is 22.6 Å². The largest absolute Gasteiger partial charge is 0.322 e. The molecule has 0 bridgehead atoms. The highest BCUT2D eigenvalue weighted by molar-refractivity contribution is 5.89. The molecule has 0 radical (unpaired) electrons. The lowest BCUT2D eigenvalue weighted by Crippen LogP contribution is -2.41. The fourth-order valence-electron chi connectivity index (χ4n) is 4.76. The SMILES string of the molecule is CCCN(C(=O)Nc1cccc(C)c1)C(CC)c1nc2ccccc2c(=O)n1-c1ccc(C)cc1C. The van der Waals surface area contributed by atoms with Gasteiger partial charge in [0.25, 0.3) is 5.56 Å². The molecule has 4 aromatic rings. The maximum Gasteiger partial charge on any atom is 0.322 e. The summed E-state index contributed by atoms with van der Waals surface area (Å²) in [5.74, 6) is 0.570. The number of nitrogens with one attached hydrogen (secondary N) is 1. The van der Waals surface area contributed by atoms with Crippen LogP contribution in [0.25, 0.3) is 16.6 Å². The van der Waals surface area contributed by atoms with E-state index >= 15 is 0 Å². The Bertz CT molecular complexity index is 1460. The number of aryl methyl sites for hydroxylation is 3. The van der Waals surface area contributed by atoms with E-state index in [-0.39, 0.29) is 11.6 Å². The highest BCUT2D eigenvalue weighted by atomic mass is 16.2. The van der Waals surface area contributed by atoms with Crippen LogP contribution < -0.4 is 10.9 Å². The first-order chi connectivity index (χ1) is 17.3. The Kier molecular flexibility index (Phi) is 7.53. The molecule has 0 aliphatic heterocycles. The Morgan fingerprint density at radius 3 is 2.42 bits per heavy atom. The summed E-state index contributed by atoms with van der Waals surface area (Å²) in [7, 11) is 0. The van der Waals surface area contributed by atoms with Gasteiger partial charge in [-0.1, -0.05) is 55.8 Å². The van der Waals surface area contributed by atoms with Gasteiger partial charge in [-0.05, 0) is 75.1 Å². The summed E-state index contributed by atoms with van der Waals surface area (Å²) in [5.41, 5.74) is 5.21. The third kappa shape index (κ3) is 5.03. The van der Waals surface area contributed by atoms with E-state index in [1.807, 2.05) is 95.3 Å². The number of nitrogens with zero attached hydrogens (tertiary/aromatic N) is 3. The molecule has 4 rings (SSSR count). The number of anilines is 1. The molecular weight excluding hydrogens is 448 g/mol. The Hall–Kier alpha value is -3.93. The second kappa shape index (κ2) is 10.8. The molecule has 1 unspecified atom stereocenters. The van der Waals surface area contributed by atoms with Crippen molar-refractivity contribution in [3.05, 3.63) is 99.6 Å². The van der Waals surface area contributed by atoms with Gasteiger partial charge in [0.1, 0.15) is 5.82 Å². The van der Waals surface area contributed by atoms with Gasteiger partial charge in [0.15, 0.2) is 0 Å². The molecule has 2 amide bonds. The fourth-order valence-corrected chi connectivity index (χ4v) is 4.76. The molecule has 1 heterocycles. The highest BCUT2D eigenvalue weighted by Crippen LogP contribution is 2.28. The number of para-hydroxylation sites is 1. The summed E-state index contributed by atoms with van der Waals surface area (Å²) in [5, 5.41) is 3.61. The molecular formula is C30H34N4O2. The molecule has 1 atom stereocenters. The first-order valence-corrected chi connectivity index (χ1v) is 12.6. The zero-order valence-electron chi connectivity index (χ0n) is 21.7. The standard InChI is InChI=1S/C30H34N4O2/c1-6-17-33(30(36)31-23-12-10-11-20(3)19-23)26(7-2)28-32-25-14-9-8-13-24(25)29(35)34(28)27-16-15-21(4)18-22(27)5/h8-16,18-19,26H,6-7,17H2,1-5H3,(H,31,36). The van der Waals surface area contributed by atoms with E-state index in [9.17, 15) is 9.59 Å². The van der Waals surface area contributed by atoms with Crippen LogP contribution in [-0.4, -0.2) is 27.0 Å². The number of urea groups is 1. The molecule has 6 nitrogen and oxygen atoms in total. The zero-order chi connectivity index (χ0) is 25.8. The lowest BCUT2D eigenvalue weighted by molar-refractivity contribution is 0.181. The van der Waals surface area contributed by atoms with E-state index in [1.54, 1.807) is 9.47 Å². The Morgan fingerprint density at radius 2 is 1.72 bits per heavy atom. The van der Waals surface area contributed by atoms with Gasteiger partial charge < -0.3 is 10.2 Å². The second-order valence-electron chi connectivity index (χ2n) is 9.33. The molecule has 3 aromatic carbocycles. The van der Waals surface area contributed by atoms with Crippen molar-refractivity contribution < 1.29 is 4.79 Å². The number of carbonyl (C=O) groups is 1. The minimum Gasteiger partial charge on any atom is -0.314 e. The first kappa shape index (κ1) is 25.2. The average Bonchev–Trinajstić information content (AvgIpc) is 2.85. The van der Waals surface area contributed by atoms with E-state index in [0.717, 1.165) is 34.5 Å². The maximum absolute atomic E-state index is 13.9. The third-order valence-electron chi connectivity index (χ3n) is 6.45. The summed E-state index contributed by atoms with van der Waals surface area (Å²) in [6, 6.07) is 20.6. The van der Waals surface area contributed by atoms with Crippen LogP contribution in [0.2, 0.25) is 0 Å². The predicted octanol–water partition coefficient (Wildman–Crippen LogP) is 6.71. The van der Waals surface area contributed by atoms with Crippen molar-refractivity contribution in [1.29, 1.82) is 0 Å². The number of fused-ring (bicyclic) bond motifs is 1. The molecule has 186 valence electrons. The van der Waals surface area contributed by atoms with Crippen LogP contribution in [0.15, 0.2) is 71.5 Å². The Morgan fingerprint density at radius 1 is 0.972 bits per heavy atom. The summed E-state index contributed by atoms with van der Waals surface area (Å²) in [6.45, 7) is 10.6. The molecule has 36 heavy (non-hydrogen) atoms. The topological polar surface area (TPSA) is 67.2 Å². The van der Waals surface area contributed by atoms with Crippen LogP contribution in [0.3, 0.4) is 0 Å². The van der Waals surface area contributed by atoms with Crippen molar-refractivity contribution in [1.82, 2.24) is 14.5 Å². The first-order valence-electron chi connectivity index (χ1n) is 12.6. The van der Waals surface area contributed by atoms with E-state index in [2.05, 4.69) is 11.4 Å². The molecule has 0 spiro atoms. The van der Waals surface area contributed by atoms with Gasteiger partial charge in [-0.3, -0.25) is 9.36 Å². The number of rotatable bonds is 7. The summed E-state index contributed by atoms with van der Waals surface area (Å²) in [4.78, 5) is 34.3. The van der Waals surface area contributed by atoms with Gasteiger partial charge in [0.05, 0.1) is 22.6 Å². The van der Waals surface area contributed by atoms with Crippen LogP contribution in [0.4, 0.5) is 10.5 Å². The van der Waals surface area contributed by atoms with E-state index in [0.29, 0.717) is 29.7 Å². The van der Waals surface area contributed by atoms with E-state index in [4.69, 9.17) is 4.98 Å². The molecule has 1 N–H and O–H groups in total. The van der Waals surface area contributed by atoms with Crippen molar-refractivity contribution in [3.63, 3.8) is 0 Å². The van der Waals surface area contributed by atoms with Crippen molar-refractivity contribution in [3.8, 4) is 5.69 Å². The molecule has 1 aromatic heterocycles. The minimum absolute atomic E-state index is 0.128. The maximum atomic E-state index is 13.9. The summed E-state index contributed by atoms with van der Waals surface area (Å²) in [6.07, 6.45) is 1.38. The number of aromatic nitrogens is 2. The smallest absolute Gasteiger partial charge is 0.314 e. The number of hydrogen-bond acceptors (Lipinski definition) is 3. The summed E-state index contributed by atoms with van der Waals surface area (Å²) < 4.78 is 1.70. The molecule has 0 saturated heterocycles. The zero-order valence-corrected chi connectivity index (χ0v) is 21.7. The molecule has 0 saturated carbocycles. The van der Waals surface area contributed by atoms with Crippen LogP contribution >= 0.6 is 0 Å². The molecule has 6 heteroatoms. The minimum atomic E-state index is -0.396. The third-order valence-corrected chi connectivity index (χ3v) is 6.45. The predicted molar refractivity (Wildman–Crippen MR) is 147 cm³/mol. The lowest BCUT2D eigenvalue weighted by Gasteiger charge is -2.32. The van der Waals surface area contributed by atoms with Gasteiger partial charge >= 0.3 is 6.03 Å². The molecule has 0 aliphatic carbocycles. The van der Waals surface area contributed by atoms with Gasteiger partial charge in [0.2, 0.25) is 0 Å². The van der Waals surface area contributed by atoms with Crippen LogP contribution in [-0.2, 0) is 0 Å². The quantitative estimate of drug-likeness (QED) is 0.318. The molecule has 0 aliphatic rings. The van der Waals surface area contributed by atoms with E-state index in [1.165, 1.54) is 0 Å². The van der Waals surface area contributed by atoms with Crippen LogP contribution in [0, 0.1) is 20.8 Å². The van der Waals surface area contributed by atoms with Gasteiger partial charge in [-0.2, -0.15) is 0 Å². The Balaban J connectivity index is 1.89. The molecule has 0 fully saturated rings. The number of hydrogen-bond donors (Lipinski definition) is 1. The summed E-state index contributed by atoms with van der Waals surface area (Å²) >= 11 is 0. The number of benzene rings is 3. The monoisotopic (exact) mass is 482 g/mol. The van der Waals surface area contributed by atoms with E-state index < -0.39 is 6.04 Å². The highest BCUT2D eigenvalue weighted by Gasteiger charge is 2.29. The normalized spacial score (nSPS) is 11.9. The fraction of sp³-hybridized carbons (Fsp3) is 0.300. The van der Waals surface area contributed by atoms with Gasteiger partial charge in [-0.15, -0.1) is 0 Å². The van der Waals surface area contributed by atoms with Crippen molar-refractivity contribution in [2.45, 2.75) is 53.5 Å². The number of amides is 2. The van der Waals surface area contributed by atoms with Crippen LogP contribution in [0.5, 0.6) is 0 Å². The van der Waals surface area contributed by atoms with Crippen molar-refractivity contribution in [2.75, 3.05) is 11.9 Å². The average molecular weight is 483 g/mol. The van der Waals surface area contributed by atoms with Gasteiger partial charge in [0, 0.05) is 12.2 Å². The van der Waals surface area contributed by atoms with Gasteiger partial charge in [-0.25, -0.2) is 9.78 Å². The van der Waals surface area contributed by atoms with Crippen LogP contribution in [0.1, 0.15) is 55.2 Å². The van der Waals surface area contributed by atoms with Crippen molar-refractivity contribution in [2.24, 2.45) is 0 Å².